The molecule has 1 N–H and O–H groups in total. The molecule has 0 unspecified atom stereocenters. The van der Waals surface area contributed by atoms with Gasteiger partial charge in [0.2, 0.25) is 11.8 Å². The molecular formula is C31H37Cl2N3O6S. The topological polar surface area (TPSA) is 105 Å². The van der Waals surface area contributed by atoms with E-state index in [1.165, 1.54) is 37.3 Å². The first-order chi connectivity index (χ1) is 20.4. The Kier molecular flexibility index (Phi) is 12.1. The lowest BCUT2D eigenvalue weighted by atomic mass is 10.1. The van der Waals surface area contributed by atoms with E-state index in [-0.39, 0.29) is 28.8 Å². The largest absolute Gasteiger partial charge is 0.493 e. The van der Waals surface area contributed by atoms with Crippen LogP contribution >= 0.6 is 23.2 Å². The number of ether oxygens (including phenoxy) is 2. The van der Waals surface area contributed by atoms with E-state index in [2.05, 4.69) is 5.32 Å². The molecule has 0 radical (unpaired) electrons. The highest BCUT2D eigenvalue weighted by molar-refractivity contribution is 7.92. The van der Waals surface area contributed by atoms with Crippen LogP contribution in [0.4, 0.5) is 5.69 Å². The SMILES string of the molecule is CCCCNC(=O)[C@@H](C)N(Cc1ccc(Cl)cc1Cl)C(=O)CN(c1ccc(C)cc1)S(=O)(=O)c1ccc(OC)c(OC)c1. The van der Waals surface area contributed by atoms with Crippen molar-refractivity contribution in [2.45, 2.75) is 51.1 Å². The van der Waals surface area contributed by atoms with Gasteiger partial charge in [-0.2, -0.15) is 0 Å². The number of unbranched alkanes of at least 4 members (excludes halogenated alkanes) is 1. The third-order valence-electron chi connectivity index (χ3n) is 6.90. The van der Waals surface area contributed by atoms with Crippen molar-refractivity contribution in [1.29, 1.82) is 0 Å². The van der Waals surface area contributed by atoms with E-state index in [1.807, 2.05) is 13.8 Å². The van der Waals surface area contributed by atoms with Crippen LogP contribution in [0.5, 0.6) is 11.5 Å². The van der Waals surface area contributed by atoms with Crippen LogP contribution in [0, 0.1) is 6.92 Å². The van der Waals surface area contributed by atoms with Gasteiger partial charge in [-0.05, 0) is 62.2 Å². The summed E-state index contributed by atoms with van der Waals surface area (Å²) in [6.45, 7) is 5.30. The molecule has 232 valence electrons. The van der Waals surface area contributed by atoms with Crippen molar-refractivity contribution in [3.05, 3.63) is 81.8 Å². The molecule has 0 saturated carbocycles. The number of sulfonamides is 1. The molecule has 2 amide bonds. The standard InChI is InChI=1S/C31H37Cl2N3O6S/c1-6-7-16-34-31(38)22(3)35(19-23-10-11-24(32)17-27(23)33)30(37)20-36(25-12-8-21(2)9-13-25)43(39,40)26-14-15-28(41-4)29(18-26)42-5/h8-15,17-18,22H,6-7,16,19-20H2,1-5H3,(H,34,38)/t22-/m1/s1. The molecule has 0 aliphatic carbocycles. The quantitative estimate of drug-likeness (QED) is 0.220. The van der Waals surface area contributed by atoms with Gasteiger partial charge in [0.15, 0.2) is 11.5 Å². The van der Waals surface area contributed by atoms with Gasteiger partial charge in [-0.1, -0.05) is 60.3 Å². The van der Waals surface area contributed by atoms with Crippen molar-refractivity contribution in [3.8, 4) is 11.5 Å². The number of carbonyl (C=O) groups excluding carboxylic acids is 2. The number of methoxy groups -OCH3 is 2. The number of amides is 2. The first-order valence-electron chi connectivity index (χ1n) is 13.8. The van der Waals surface area contributed by atoms with Crippen LogP contribution in [0.1, 0.15) is 37.8 Å². The third kappa shape index (κ3) is 8.55. The minimum absolute atomic E-state index is 0.0463. The van der Waals surface area contributed by atoms with E-state index in [1.54, 1.807) is 49.4 Å². The number of hydrogen-bond donors (Lipinski definition) is 1. The van der Waals surface area contributed by atoms with Crippen molar-refractivity contribution in [1.82, 2.24) is 10.2 Å². The molecule has 9 nitrogen and oxygen atoms in total. The summed E-state index contributed by atoms with van der Waals surface area (Å²) < 4.78 is 39.8. The number of hydrogen-bond acceptors (Lipinski definition) is 6. The van der Waals surface area contributed by atoms with Gasteiger partial charge in [0.1, 0.15) is 12.6 Å². The maximum Gasteiger partial charge on any atom is 0.264 e. The van der Waals surface area contributed by atoms with Crippen LogP contribution in [0.2, 0.25) is 10.0 Å². The second-order valence-electron chi connectivity index (χ2n) is 9.94. The number of halogens is 2. The third-order valence-corrected chi connectivity index (χ3v) is 9.25. The van der Waals surface area contributed by atoms with Gasteiger partial charge in [0, 0.05) is 29.2 Å². The number of aryl methyl sites for hydroxylation is 1. The Balaban J connectivity index is 2.06. The summed E-state index contributed by atoms with van der Waals surface area (Å²) in [4.78, 5) is 28.4. The lowest BCUT2D eigenvalue weighted by Crippen LogP contribution is -2.51. The molecule has 12 heteroatoms. The first-order valence-corrected chi connectivity index (χ1v) is 15.9. The number of nitrogens with zero attached hydrogens (tertiary/aromatic N) is 2. The summed E-state index contributed by atoms with van der Waals surface area (Å²) in [7, 11) is -1.44. The second-order valence-corrected chi connectivity index (χ2v) is 12.6. The average Bonchev–Trinajstić information content (AvgIpc) is 2.99. The highest BCUT2D eigenvalue weighted by atomic mass is 35.5. The molecule has 0 aromatic heterocycles. The highest BCUT2D eigenvalue weighted by Gasteiger charge is 2.33. The van der Waals surface area contributed by atoms with E-state index < -0.39 is 28.5 Å². The van der Waals surface area contributed by atoms with Gasteiger partial charge in [-0.15, -0.1) is 0 Å². The van der Waals surface area contributed by atoms with E-state index in [0.717, 1.165) is 22.7 Å². The molecule has 0 heterocycles. The van der Waals surface area contributed by atoms with Crippen LogP contribution < -0.4 is 19.1 Å². The van der Waals surface area contributed by atoms with E-state index >= 15 is 0 Å². The number of rotatable bonds is 14. The fourth-order valence-electron chi connectivity index (χ4n) is 4.30. The van der Waals surface area contributed by atoms with Gasteiger partial charge < -0.3 is 19.7 Å². The van der Waals surface area contributed by atoms with E-state index in [4.69, 9.17) is 32.7 Å². The number of benzene rings is 3. The predicted octanol–water partition coefficient (Wildman–Crippen LogP) is 5.85. The zero-order valence-electron chi connectivity index (χ0n) is 24.9. The fourth-order valence-corrected chi connectivity index (χ4v) is 6.19. The zero-order valence-corrected chi connectivity index (χ0v) is 27.2. The number of carbonyl (C=O) groups is 2. The molecule has 0 spiro atoms. The van der Waals surface area contributed by atoms with Gasteiger partial charge in [0.25, 0.3) is 10.0 Å². The molecule has 1 atom stereocenters. The van der Waals surface area contributed by atoms with Crippen LogP contribution in [0.25, 0.3) is 0 Å². The first kappa shape index (κ1) is 34.0. The Morgan fingerprint density at radius 3 is 2.23 bits per heavy atom. The smallest absolute Gasteiger partial charge is 0.264 e. The van der Waals surface area contributed by atoms with Crippen LogP contribution in [-0.4, -0.2) is 58.5 Å². The van der Waals surface area contributed by atoms with E-state index in [9.17, 15) is 18.0 Å². The fraction of sp³-hybridized carbons (Fsp3) is 0.355. The summed E-state index contributed by atoms with van der Waals surface area (Å²) in [5.41, 5.74) is 1.74. The molecule has 0 bridgehead atoms. The van der Waals surface area contributed by atoms with Crippen molar-refractivity contribution in [2.24, 2.45) is 0 Å². The van der Waals surface area contributed by atoms with Crippen molar-refractivity contribution in [2.75, 3.05) is 31.6 Å². The lowest BCUT2D eigenvalue weighted by Gasteiger charge is -2.32. The highest BCUT2D eigenvalue weighted by Crippen LogP contribution is 2.32. The maximum atomic E-state index is 14.1. The summed E-state index contributed by atoms with van der Waals surface area (Å²) in [5, 5.41) is 3.59. The molecular weight excluding hydrogens is 613 g/mol. The Morgan fingerprint density at radius 2 is 1.63 bits per heavy atom. The predicted molar refractivity (Wildman–Crippen MR) is 170 cm³/mol. The molecule has 0 saturated heterocycles. The van der Waals surface area contributed by atoms with Gasteiger partial charge in [-0.3, -0.25) is 13.9 Å². The Morgan fingerprint density at radius 1 is 0.953 bits per heavy atom. The minimum atomic E-state index is -4.30. The van der Waals surface area contributed by atoms with Gasteiger partial charge in [0.05, 0.1) is 24.8 Å². The maximum absolute atomic E-state index is 14.1. The summed E-state index contributed by atoms with van der Waals surface area (Å²) in [5.74, 6) is -0.395. The van der Waals surface area contributed by atoms with Crippen LogP contribution in [0.15, 0.2) is 65.6 Å². The Hall–Kier alpha value is -3.47. The normalized spacial score (nSPS) is 11.9. The lowest BCUT2D eigenvalue weighted by molar-refractivity contribution is -0.139. The van der Waals surface area contributed by atoms with Crippen LogP contribution in [-0.2, 0) is 26.2 Å². The molecule has 0 fully saturated rings. The Bertz CT molecular complexity index is 1530. The average molecular weight is 651 g/mol. The van der Waals surface area contributed by atoms with Crippen molar-refractivity contribution < 1.29 is 27.5 Å². The van der Waals surface area contributed by atoms with Crippen molar-refractivity contribution >= 4 is 50.7 Å². The zero-order chi connectivity index (χ0) is 31.7. The monoisotopic (exact) mass is 649 g/mol. The molecule has 43 heavy (non-hydrogen) atoms. The number of anilines is 1. The molecule has 3 aromatic rings. The Labute approximate surface area is 263 Å². The van der Waals surface area contributed by atoms with Gasteiger partial charge >= 0.3 is 0 Å². The summed E-state index contributed by atoms with van der Waals surface area (Å²) in [6.07, 6.45) is 1.66. The molecule has 0 aliphatic heterocycles. The molecule has 0 aliphatic rings. The molecule has 3 aromatic carbocycles. The van der Waals surface area contributed by atoms with Gasteiger partial charge in [-0.25, -0.2) is 8.42 Å². The minimum Gasteiger partial charge on any atom is -0.493 e. The second kappa shape index (κ2) is 15.3. The van der Waals surface area contributed by atoms with Crippen molar-refractivity contribution in [3.63, 3.8) is 0 Å². The number of nitrogens with one attached hydrogen (secondary N) is 1. The summed E-state index contributed by atoms with van der Waals surface area (Å²) in [6, 6.07) is 14.9. The summed E-state index contributed by atoms with van der Waals surface area (Å²) >= 11 is 12.5. The van der Waals surface area contributed by atoms with Crippen LogP contribution in [0.3, 0.4) is 0 Å². The molecule has 3 rings (SSSR count). The van der Waals surface area contributed by atoms with E-state index in [0.29, 0.717) is 27.9 Å².